The molecule has 10 aromatic rings. The molecule has 5 heteroatoms. The number of rotatable bonds is 13. The third-order valence-corrected chi connectivity index (χ3v) is 12.5. The average molecular weight is 1060 g/mol. The van der Waals surface area contributed by atoms with E-state index in [1.54, 1.807) is 0 Å². The van der Waals surface area contributed by atoms with Crippen molar-refractivity contribution in [3.05, 3.63) is 258 Å². The maximum atomic E-state index is 9.70. The first kappa shape index (κ1) is 46.2. The number of aromatic nitrogens is 3. The summed E-state index contributed by atoms with van der Waals surface area (Å²) >= 11 is 0. The minimum Gasteiger partial charge on any atom is -0.305 e. The molecule has 0 aliphatic heterocycles. The largest absolute Gasteiger partial charge is 3.00 e. The van der Waals surface area contributed by atoms with E-state index < -0.39 is 0 Å². The van der Waals surface area contributed by atoms with Crippen LogP contribution in [0.3, 0.4) is 0 Å². The van der Waals surface area contributed by atoms with Gasteiger partial charge in [0, 0.05) is 18.6 Å². The molecule has 10 rings (SSSR count). The molecule has 0 N–H and O–H groups in total. The van der Waals surface area contributed by atoms with E-state index in [2.05, 4.69) is 175 Å². The molecular weight excluding hydrogens is 1020 g/mol. The molecule has 0 unspecified atom stereocenters. The van der Waals surface area contributed by atoms with E-state index in [0.29, 0.717) is 5.56 Å². The van der Waals surface area contributed by atoms with Gasteiger partial charge in [-0.05, 0) is 118 Å². The minimum absolute atomic E-state index is 0. The van der Waals surface area contributed by atoms with Crippen LogP contribution in [0.15, 0.2) is 201 Å². The van der Waals surface area contributed by atoms with Crippen molar-refractivity contribution in [1.82, 2.24) is 15.0 Å². The maximum Gasteiger partial charge on any atom is 3.00 e. The number of nitriles is 1. The predicted molar refractivity (Wildman–Crippen MR) is 276 cm³/mol. The molecule has 0 aliphatic carbocycles. The molecule has 3 heterocycles. The van der Waals surface area contributed by atoms with Gasteiger partial charge in [-0.15, -0.1) is 94.5 Å². The molecule has 0 spiro atoms. The summed E-state index contributed by atoms with van der Waals surface area (Å²) in [4.78, 5) is 13.8. The van der Waals surface area contributed by atoms with Gasteiger partial charge in [-0.2, -0.15) is 5.26 Å². The van der Waals surface area contributed by atoms with Crippen LogP contribution >= 0.6 is 0 Å². The van der Waals surface area contributed by atoms with Gasteiger partial charge in [0.1, 0.15) is 0 Å². The molecule has 0 fully saturated rings. The van der Waals surface area contributed by atoms with Gasteiger partial charge in [0.05, 0.1) is 11.6 Å². The molecule has 0 saturated carbocycles. The van der Waals surface area contributed by atoms with E-state index >= 15 is 0 Å². The molecule has 0 radical (unpaired) electrons. The van der Waals surface area contributed by atoms with Gasteiger partial charge < -0.3 is 15.0 Å². The second-order valence-corrected chi connectivity index (χ2v) is 17.4. The fourth-order valence-corrected chi connectivity index (χ4v) is 8.93. The molecule has 0 bridgehead atoms. The Kier molecular flexibility index (Phi) is 14.3. The van der Waals surface area contributed by atoms with Gasteiger partial charge in [0.2, 0.25) is 0 Å². The fraction of sp³-hybridized carbons (Fsp3) is 0.0938. The molecule has 0 aliphatic rings. The van der Waals surface area contributed by atoms with Crippen molar-refractivity contribution in [3.8, 4) is 84.3 Å². The number of benzene rings is 7. The Morgan fingerprint density at radius 1 is 0.406 bits per heavy atom. The summed E-state index contributed by atoms with van der Waals surface area (Å²) < 4.78 is 0. The quantitative estimate of drug-likeness (QED) is 0.108. The van der Waals surface area contributed by atoms with Crippen molar-refractivity contribution in [3.63, 3.8) is 0 Å². The maximum absolute atomic E-state index is 9.70. The molecule has 7 aromatic carbocycles. The van der Waals surface area contributed by atoms with Gasteiger partial charge >= 0.3 is 20.1 Å². The molecule has 3 aromatic heterocycles. The van der Waals surface area contributed by atoms with Crippen LogP contribution in [0.25, 0.3) is 78.3 Å². The fourth-order valence-electron chi connectivity index (χ4n) is 8.93. The van der Waals surface area contributed by atoms with E-state index in [1.165, 1.54) is 27.8 Å². The number of pyridine rings is 3. The zero-order valence-corrected chi connectivity index (χ0v) is 40.9. The third-order valence-electron chi connectivity index (χ3n) is 12.5. The topological polar surface area (TPSA) is 62.5 Å². The summed E-state index contributed by atoms with van der Waals surface area (Å²) in [5.74, 6) is 0. The molecule has 332 valence electrons. The van der Waals surface area contributed by atoms with Crippen molar-refractivity contribution >= 4 is 0 Å². The van der Waals surface area contributed by atoms with Crippen molar-refractivity contribution in [2.75, 3.05) is 0 Å². The van der Waals surface area contributed by atoms with Crippen LogP contribution in [0.2, 0.25) is 0 Å². The second kappa shape index (κ2) is 21.4. The Hall–Kier alpha value is -7.87. The van der Waals surface area contributed by atoms with Crippen molar-refractivity contribution in [2.45, 2.75) is 39.5 Å². The zero-order valence-electron chi connectivity index (χ0n) is 38.5. The van der Waals surface area contributed by atoms with Gasteiger partial charge in [-0.25, -0.2) is 0 Å². The number of aryl methyl sites for hydroxylation is 6. The molecular formula is C64H47IrN4. The minimum atomic E-state index is 0. The number of hydrogen-bond acceptors (Lipinski definition) is 4. The van der Waals surface area contributed by atoms with Crippen LogP contribution in [0.5, 0.6) is 0 Å². The average Bonchev–Trinajstić information content (AvgIpc) is 3.40. The number of hydrogen-bond donors (Lipinski definition) is 0. The molecule has 69 heavy (non-hydrogen) atoms. The van der Waals surface area contributed by atoms with Crippen LogP contribution < -0.4 is 0 Å². The van der Waals surface area contributed by atoms with Crippen molar-refractivity contribution in [2.24, 2.45) is 0 Å². The van der Waals surface area contributed by atoms with Crippen LogP contribution in [-0.4, -0.2) is 15.0 Å². The predicted octanol–water partition coefficient (Wildman–Crippen LogP) is 15.0. The Balaban J connectivity index is 0.00000593. The van der Waals surface area contributed by atoms with Crippen molar-refractivity contribution < 1.29 is 20.1 Å². The third kappa shape index (κ3) is 11.0. The van der Waals surface area contributed by atoms with E-state index in [0.717, 1.165) is 110 Å². The van der Waals surface area contributed by atoms with Gasteiger partial charge in [-0.1, -0.05) is 139 Å². The summed E-state index contributed by atoms with van der Waals surface area (Å²) in [5.41, 5.74) is 22.4. The first-order valence-corrected chi connectivity index (χ1v) is 23.1. The van der Waals surface area contributed by atoms with E-state index in [1.807, 2.05) is 74.0 Å². The first-order valence-electron chi connectivity index (χ1n) is 23.1. The van der Waals surface area contributed by atoms with Gasteiger partial charge in [-0.3, -0.25) is 0 Å². The van der Waals surface area contributed by atoms with E-state index in [-0.39, 0.29) is 20.1 Å². The monoisotopic (exact) mass is 1060 g/mol. The Morgan fingerprint density at radius 2 is 0.986 bits per heavy atom. The second-order valence-electron chi connectivity index (χ2n) is 17.4. The van der Waals surface area contributed by atoms with Gasteiger partial charge in [0.15, 0.2) is 0 Å². The SMILES string of the molecule is Cc1ccc(-c2[c-]cc(-c3ccccc3-c3cc(CCc4c[c-]c(-c5ccccn5)cc4)cc(CCc4c[c-]c(-c5ccccn5)cc4)c3)c(-c3ccc(-c4cc(C)cc(C#N)c4)cc3)c2)nc1.[Ir+3]. The summed E-state index contributed by atoms with van der Waals surface area (Å²) in [6.07, 6.45) is 9.09. The summed E-state index contributed by atoms with van der Waals surface area (Å²) in [5, 5.41) is 9.70. The first-order chi connectivity index (χ1) is 33.4. The molecule has 0 saturated heterocycles. The summed E-state index contributed by atoms with van der Waals surface area (Å²) in [6.45, 7) is 4.09. The van der Waals surface area contributed by atoms with Crippen LogP contribution in [0.4, 0.5) is 0 Å². The van der Waals surface area contributed by atoms with Crippen molar-refractivity contribution in [1.29, 1.82) is 5.26 Å². The summed E-state index contributed by atoms with van der Waals surface area (Å²) in [6, 6.07) is 76.9. The molecule has 4 nitrogen and oxygen atoms in total. The smallest absolute Gasteiger partial charge is 0.305 e. The van der Waals surface area contributed by atoms with E-state index in [9.17, 15) is 5.26 Å². The van der Waals surface area contributed by atoms with Gasteiger partial charge in [0.25, 0.3) is 0 Å². The van der Waals surface area contributed by atoms with Crippen LogP contribution in [0, 0.1) is 43.4 Å². The molecule has 0 amide bonds. The summed E-state index contributed by atoms with van der Waals surface area (Å²) in [7, 11) is 0. The molecule has 0 atom stereocenters. The normalized spacial score (nSPS) is 10.9. The standard InChI is InChI=1S/C64H47N4.Ir/c1-44-13-32-64(68-43-44)55-30-31-60(61(41-55)52-28-26-51(27-29-52)56-36-45(2)35-50(40-56)42-65)59-10-4-3-9-58(59)57-38-48(16-14-46-18-22-53(23-19-46)62-11-5-7-33-66-62)37-49(39-57)17-15-47-20-24-54(25-21-47)63-12-6-8-34-67-63;/h3-13,18-22,24,26-29,31-41,43H,14-17H2,1-2H3;/q-3;+3. The Bertz CT molecular complexity index is 3270. The zero-order chi connectivity index (χ0) is 46.2. The Labute approximate surface area is 419 Å². The van der Waals surface area contributed by atoms with Crippen LogP contribution in [0.1, 0.15) is 38.9 Å². The van der Waals surface area contributed by atoms with E-state index in [4.69, 9.17) is 4.98 Å². The Morgan fingerprint density at radius 3 is 1.55 bits per heavy atom. The van der Waals surface area contributed by atoms with Crippen LogP contribution in [-0.2, 0) is 45.8 Å². The number of nitrogens with zero attached hydrogens (tertiary/aromatic N) is 4.